The first-order valence-corrected chi connectivity index (χ1v) is 19.9. The van der Waals surface area contributed by atoms with Gasteiger partial charge < -0.3 is 13.7 Å². The number of fused-ring (bicyclic) bond motifs is 9. The fourth-order valence-electron chi connectivity index (χ4n) is 9.31. The van der Waals surface area contributed by atoms with Gasteiger partial charge in [-0.15, -0.1) is 0 Å². The van der Waals surface area contributed by atoms with E-state index in [0.29, 0.717) is 0 Å². The van der Waals surface area contributed by atoms with Gasteiger partial charge in [0.2, 0.25) is 0 Å². The van der Waals surface area contributed by atoms with Crippen molar-refractivity contribution < 1.29 is 8.83 Å². The minimum absolute atomic E-state index is 0.0482. The molecule has 2 heterocycles. The Balaban J connectivity index is 1.29. The summed E-state index contributed by atoms with van der Waals surface area (Å²) in [5, 5.41) is 4.49. The third-order valence-corrected chi connectivity index (χ3v) is 12.1. The van der Waals surface area contributed by atoms with E-state index in [1.54, 1.807) is 0 Å². The first-order valence-electron chi connectivity index (χ1n) is 19.9. The van der Waals surface area contributed by atoms with Crippen molar-refractivity contribution in [1.29, 1.82) is 0 Å². The van der Waals surface area contributed by atoms with E-state index in [1.807, 2.05) is 0 Å². The highest BCUT2D eigenvalue weighted by molar-refractivity contribution is 6.16. The number of rotatable bonds is 4. The molecule has 1 aliphatic rings. The maximum Gasteiger partial charge on any atom is 0.139 e. The van der Waals surface area contributed by atoms with Crippen molar-refractivity contribution in [2.75, 3.05) is 4.90 Å². The Morgan fingerprint density at radius 1 is 0.500 bits per heavy atom. The molecule has 3 nitrogen and oxygen atoms in total. The molecule has 3 heteroatoms. The van der Waals surface area contributed by atoms with Crippen LogP contribution in [0.1, 0.15) is 77.6 Å². The predicted molar refractivity (Wildman–Crippen MR) is 236 cm³/mol. The average molecular weight is 730 g/mol. The van der Waals surface area contributed by atoms with Crippen LogP contribution in [0.2, 0.25) is 0 Å². The fraction of sp³-hybridized carbons (Fsp3) is 0.208. The van der Waals surface area contributed by atoms with Crippen LogP contribution in [0, 0.1) is 0 Å². The lowest BCUT2D eigenvalue weighted by atomic mass is 9.79. The zero-order valence-corrected chi connectivity index (χ0v) is 33.5. The van der Waals surface area contributed by atoms with Crippen LogP contribution in [0.15, 0.2) is 148 Å². The summed E-state index contributed by atoms with van der Waals surface area (Å²) in [6.07, 6.45) is 0. The molecule has 0 saturated carbocycles. The third kappa shape index (κ3) is 5.10. The molecule has 2 aromatic heterocycles. The average Bonchev–Trinajstić information content (AvgIpc) is 3.82. The van der Waals surface area contributed by atoms with E-state index < -0.39 is 0 Å². The first kappa shape index (κ1) is 34.4. The van der Waals surface area contributed by atoms with E-state index in [4.69, 9.17) is 8.83 Å². The van der Waals surface area contributed by atoms with Crippen LogP contribution in [0.5, 0.6) is 0 Å². The number of hydrogen-bond donors (Lipinski definition) is 0. The van der Waals surface area contributed by atoms with E-state index in [1.165, 1.54) is 44.5 Å². The Kier molecular flexibility index (Phi) is 7.36. The van der Waals surface area contributed by atoms with Crippen LogP contribution < -0.4 is 4.90 Å². The smallest absolute Gasteiger partial charge is 0.139 e. The van der Waals surface area contributed by atoms with Gasteiger partial charge in [-0.1, -0.05) is 146 Å². The summed E-state index contributed by atoms with van der Waals surface area (Å²) in [6.45, 7) is 18.5. The van der Waals surface area contributed by atoms with Gasteiger partial charge in [-0.25, -0.2) is 0 Å². The second-order valence-electron chi connectivity index (χ2n) is 18.2. The Hall–Kier alpha value is -6.06. The molecule has 0 saturated heterocycles. The van der Waals surface area contributed by atoms with Crippen molar-refractivity contribution in [3.63, 3.8) is 0 Å². The van der Waals surface area contributed by atoms with Gasteiger partial charge in [0.05, 0.1) is 16.8 Å². The minimum atomic E-state index is -0.236. The highest BCUT2D eigenvalue weighted by Crippen LogP contribution is 2.56. The van der Waals surface area contributed by atoms with Crippen molar-refractivity contribution >= 4 is 60.9 Å². The molecule has 9 aromatic rings. The maximum absolute atomic E-state index is 6.94. The zero-order chi connectivity index (χ0) is 38.7. The van der Waals surface area contributed by atoms with Gasteiger partial charge in [-0.3, -0.25) is 0 Å². The van der Waals surface area contributed by atoms with E-state index in [0.717, 1.165) is 60.9 Å². The SMILES string of the molecule is CC(C)(C)c1cc(C(C)(C)C)c2oc3cccc(N(c4ccc5c(c4)oc4cccc(-c6ccccc6)c45)c4cccc5c4C(C)(C)c4ccccc4-5)c3c2c1. The molecule has 0 spiro atoms. The van der Waals surface area contributed by atoms with Crippen LogP contribution in [0.25, 0.3) is 66.1 Å². The molecule has 276 valence electrons. The van der Waals surface area contributed by atoms with Crippen molar-refractivity contribution in [2.45, 2.75) is 71.6 Å². The summed E-state index contributed by atoms with van der Waals surface area (Å²) in [5.41, 5.74) is 16.5. The van der Waals surface area contributed by atoms with E-state index in [2.05, 4.69) is 200 Å². The van der Waals surface area contributed by atoms with Crippen LogP contribution in [-0.2, 0) is 16.2 Å². The summed E-state index contributed by atoms with van der Waals surface area (Å²) in [7, 11) is 0. The van der Waals surface area contributed by atoms with Gasteiger partial charge in [0.1, 0.15) is 22.3 Å². The van der Waals surface area contributed by atoms with Crippen LogP contribution in [0.3, 0.4) is 0 Å². The molecule has 10 rings (SSSR count). The lowest BCUT2D eigenvalue weighted by Gasteiger charge is -2.32. The van der Waals surface area contributed by atoms with E-state index >= 15 is 0 Å². The van der Waals surface area contributed by atoms with Crippen LogP contribution in [0.4, 0.5) is 17.1 Å². The Morgan fingerprint density at radius 2 is 1.16 bits per heavy atom. The van der Waals surface area contributed by atoms with Gasteiger partial charge in [-0.2, -0.15) is 0 Å². The molecule has 1 aliphatic carbocycles. The van der Waals surface area contributed by atoms with Crippen molar-refractivity contribution in [1.82, 2.24) is 0 Å². The lowest BCUT2D eigenvalue weighted by Crippen LogP contribution is -2.20. The highest BCUT2D eigenvalue weighted by atomic mass is 16.3. The van der Waals surface area contributed by atoms with Crippen molar-refractivity contribution in [2.24, 2.45) is 0 Å². The fourth-order valence-corrected chi connectivity index (χ4v) is 9.31. The zero-order valence-electron chi connectivity index (χ0n) is 33.5. The van der Waals surface area contributed by atoms with E-state index in [-0.39, 0.29) is 16.2 Å². The second-order valence-corrected chi connectivity index (χ2v) is 18.2. The minimum Gasteiger partial charge on any atom is -0.456 e. The van der Waals surface area contributed by atoms with Gasteiger partial charge in [0, 0.05) is 38.9 Å². The first-order chi connectivity index (χ1) is 26.8. The molecule has 56 heavy (non-hydrogen) atoms. The lowest BCUT2D eigenvalue weighted by molar-refractivity contribution is 0.559. The third-order valence-electron chi connectivity index (χ3n) is 12.1. The number of nitrogens with zero attached hydrogens (tertiary/aromatic N) is 1. The number of hydrogen-bond acceptors (Lipinski definition) is 3. The van der Waals surface area contributed by atoms with Gasteiger partial charge >= 0.3 is 0 Å². The number of benzene rings is 7. The molecule has 0 radical (unpaired) electrons. The van der Waals surface area contributed by atoms with Crippen molar-refractivity contribution in [3.8, 4) is 22.3 Å². The Bertz CT molecular complexity index is 3020. The topological polar surface area (TPSA) is 29.5 Å². The monoisotopic (exact) mass is 729 g/mol. The number of anilines is 3. The summed E-state index contributed by atoms with van der Waals surface area (Å²) < 4.78 is 13.7. The number of furan rings is 2. The summed E-state index contributed by atoms with van der Waals surface area (Å²) in [5.74, 6) is 0. The maximum atomic E-state index is 6.94. The van der Waals surface area contributed by atoms with Crippen LogP contribution >= 0.6 is 0 Å². The molecule has 0 atom stereocenters. The Labute approximate surface area is 329 Å². The molecule has 0 fully saturated rings. The molecule has 7 aromatic carbocycles. The predicted octanol–water partition coefficient (Wildman–Crippen LogP) is 15.5. The van der Waals surface area contributed by atoms with Gasteiger partial charge in [0.15, 0.2) is 0 Å². The second kappa shape index (κ2) is 12.0. The molecule has 0 amide bonds. The normalized spacial score (nSPS) is 13.9. The molecule has 0 N–H and O–H groups in total. The standard InChI is InChI=1S/C53H47NO2/c1-51(2,3)33-29-39-48-42(23-16-26-45(48)56-50(39)41(30-33)52(4,5)6)54(43-24-14-21-37-36-19-12-13-22-40(36)53(7,8)49(37)43)34-27-28-38-46(31-34)55-44-25-15-20-35(47(38)44)32-17-10-9-11-18-32/h9-31H,1-8H3. The molecule has 0 aliphatic heterocycles. The molecular weight excluding hydrogens is 683 g/mol. The Morgan fingerprint density at radius 3 is 1.93 bits per heavy atom. The van der Waals surface area contributed by atoms with E-state index in [9.17, 15) is 0 Å². The quantitative estimate of drug-likeness (QED) is 0.181. The largest absolute Gasteiger partial charge is 0.456 e. The summed E-state index contributed by atoms with van der Waals surface area (Å²) in [4.78, 5) is 2.47. The summed E-state index contributed by atoms with van der Waals surface area (Å²) in [6, 6.07) is 50.7. The molecule has 0 unspecified atom stereocenters. The van der Waals surface area contributed by atoms with Crippen LogP contribution in [-0.4, -0.2) is 0 Å². The molecular formula is C53H47NO2. The van der Waals surface area contributed by atoms with Gasteiger partial charge in [-0.05, 0) is 92.2 Å². The highest BCUT2D eigenvalue weighted by Gasteiger charge is 2.39. The molecule has 0 bridgehead atoms. The van der Waals surface area contributed by atoms with Gasteiger partial charge in [0.25, 0.3) is 0 Å². The van der Waals surface area contributed by atoms with Crippen molar-refractivity contribution in [3.05, 3.63) is 162 Å². The summed E-state index contributed by atoms with van der Waals surface area (Å²) >= 11 is 0.